The normalized spacial score (nSPS) is 22.4. The third-order valence-electron chi connectivity index (χ3n) is 3.27. The fraction of sp³-hybridized carbons (Fsp3) is 0.583. The second kappa shape index (κ2) is 5.15. The van der Waals surface area contributed by atoms with E-state index in [4.69, 9.17) is 0 Å². The van der Waals surface area contributed by atoms with E-state index < -0.39 is 0 Å². The molecular formula is C12H18BrN3. The predicted octanol–water partition coefficient (Wildman–Crippen LogP) is 2.12. The molecule has 1 aliphatic rings. The average molecular weight is 284 g/mol. The molecule has 1 unspecified atom stereocenters. The number of alkyl halides is 1. The number of hydrogen-bond acceptors (Lipinski definition) is 3. The van der Waals surface area contributed by atoms with Crippen LogP contribution >= 0.6 is 15.9 Å². The molecule has 1 saturated heterocycles. The molecule has 4 heteroatoms. The number of anilines is 1. The van der Waals surface area contributed by atoms with E-state index in [-0.39, 0.29) is 0 Å². The van der Waals surface area contributed by atoms with E-state index in [1.54, 1.807) is 0 Å². The van der Waals surface area contributed by atoms with Crippen LogP contribution in [0.25, 0.3) is 0 Å². The Morgan fingerprint density at radius 3 is 3.00 bits per heavy atom. The lowest BCUT2D eigenvalue weighted by atomic mass is 10.2. The van der Waals surface area contributed by atoms with Gasteiger partial charge in [0.25, 0.3) is 0 Å². The fourth-order valence-corrected chi connectivity index (χ4v) is 2.50. The maximum Gasteiger partial charge on any atom is 0.132 e. The number of pyridine rings is 1. The van der Waals surface area contributed by atoms with Crippen molar-refractivity contribution < 1.29 is 0 Å². The minimum atomic E-state index is 0.596. The molecule has 0 bridgehead atoms. The minimum Gasteiger partial charge on any atom is -0.354 e. The van der Waals surface area contributed by atoms with E-state index in [1.807, 2.05) is 12.3 Å². The van der Waals surface area contributed by atoms with Gasteiger partial charge in [-0.2, -0.15) is 0 Å². The maximum absolute atomic E-state index is 4.51. The molecule has 0 N–H and O–H groups in total. The van der Waals surface area contributed by atoms with E-state index in [0.717, 1.165) is 30.8 Å². The van der Waals surface area contributed by atoms with Crippen molar-refractivity contribution in [3.8, 4) is 0 Å². The van der Waals surface area contributed by atoms with Gasteiger partial charge in [-0.15, -0.1) is 0 Å². The molecule has 3 nitrogen and oxygen atoms in total. The third kappa shape index (κ3) is 2.38. The number of rotatable bonds is 2. The Morgan fingerprint density at radius 1 is 1.50 bits per heavy atom. The fourth-order valence-electron chi connectivity index (χ4n) is 2.06. The average Bonchev–Trinajstić information content (AvgIpc) is 2.32. The van der Waals surface area contributed by atoms with Gasteiger partial charge in [0.05, 0.1) is 0 Å². The highest BCUT2D eigenvalue weighted by Gasteiger charge is 2.22. The maximum atomic E-state index is 4.51. The summed E-state index contributed by atoms with van der Waals surface area (Å²) in [5, 5.41) is 0.872. The topological polar surface area (TPSA) is 19.4 Å². The van der Waals surface area contributed by atoms with Gasteiger partial charge in [-0.1, -0.05) is 22.0 Å². The summed E-state index contributed by atoms with van der Waals surface area (Å²) < 4.78 is 0. The van der Waals surface area contributed by atoms with Crippen molar-refractivity contribution in [2.45, 2.75) is 18.3 Å². The highest BCUT2D eigenvalue weighted by Crippen LogP contribution is 2.22. The minimum absolute atomic E-state index is 0.596. The first kappa shape index (κ1) is 11.9. The first-order valence-electron chi connectivity index (χ1n) is 5.67. The largest absolute Gasteiger partial charge is 0.354 e. The molecule has 1 atom stereocenters. The van der Waals surface area contributed by atoms with Gasteiger partial charge in [-0.05, 0) is 20.0 Å². The Morgan fingerprint density at radius 2 is 2.31 bits per heavy atom. The predicted molar refractivity (Wildman–Crippen MR) is 71.2 cm³/mol. The second-order valence-corrected chi connectivity index (χ2v) is 4.96. The zero-order chi connectivity index (χ0) is 11.5. The van der Waals surface area contributed by atoms with Crippen LogP contribution in [0, 0.1) is 0 Å². The number of aromatic nitrogens is 1. The number of hydrogen-bond donors (Lipinski definition) is 0. The molecule has 2 heterocycles. The summed E-state index contributed by atoms with van der Waals surface area (Å²) in [6, 6.07) is 4.73. The summed E-state index contributed by atoms with van der Waals surface area (Å²) in [6.07, 6.45) is 1.88. The standard InChI is InChI=1S/C12H18BrN3/c1-10-9-16(7-6-15(10)2)12-11(8-13)4-3-5-14-12/h3-5,10H,6-9H2,1-2H3. The summed E-state index contributed by atoms with van der Waals surface area (Å²) >= 11 is 3.52. The number of piperazine rings is 1. The molecule has 0 spiro atoms. The molecule has 1 fully saturated rings. The van der Waals surface area contributed by atoms with Gasteiger partial charge in [0.2, 0.25) is 0 Å². The van der Waals surface area contributed by atoms with Crippen molar-refractivity contribution in [1.29, 1.82) is 0 Å². The van der Waals surface area contributed by atoms with Crippen molar-refractivity contribution >= 4 is 21.7 Å². The molecule has 0 aromatic carbocycles. The number of likely N-dealkylation sites (N-methyl/N-ethyl adjacent to an activating group) is 1. The molecule has 1 aromatic rings. The molecular weight excluding hydrogens is 266 g/mol. The van der Waals surface area contributed by atoms with E-state index in [9.17, 15) is 0 Å². The summed E-state index contributed by atoms with van der Waals surface area (Å²) in [5.41, 5.74) is 1.28. The Hall–Kier alpha value is -0.610. The lowest BCUT2D eigenvalue weighted by molar-refractivity contribution is 0.233. The van der Waals surface area contributed by atoms with Crippen molar-refractivity contribution in [3.63, 3.8) is 0 Å². The Labute approximate surface area is 106 Å². The highest BCUT2D eigenvalue weighted by molar-refractivity contribution is 9.08. The lowest BCUT2D eigenvalue weighted by Crippen LogP contribution is -2.50. The number of halogens is 1. The van der Waals surface area contributed by atoms with Crippen molar-refractivity contribution in [2.75, 3.05) is 31.6 Å². The van der Waals surface area contributed by atoms with Crippen LogP contribution in [-0.4, -0.2) is 42.6 Å². The first-order valence-corrected chi connectivity index (χ1v) is 6.79. The highest BCUT2D eigenvalue weighted by atomic mass is 79.9. The van der Waals surface area contributed by atoms with E-state index in [1.165, 1.54) is 5.56 Å². The van der Waals surface area contributed by atoms with Gasteiger partial charge in [-0.3, -0.25) is 0 Å². The molecule has 0 radical (unpaired) electrons. The van der Waals surface area contributed by atoms with Crippen molar-refractivity contribution in [2.24, 2.45) is 0 Å². The molecule has 0 amide bonds. The zero-order valence-electron chi connectivity index (χ0n) is 9.86. The van der Waals surface area contributed by atoms with E-state index in [0.29, 0.717) is 6.04 Å². The molecule has 0 aliphatic carbocycles. The first-order chi connectivity index (χ1) is 7.72. The van der Waals surface area contributed by atoms with E-state index in [2.05, 4.69) is 50.8 Å². The quantitative estimate of drug-likeness (QED) is 0.775. The third-order valence-corrected chi connectivity index (χ3v) is 3.87. The van der Waals surface area contributed by atoms with Crippen LogP contribution in [0.3, 0.4) is 0 Å². The monoisotopic (exact) mass is 283 g/mol. The molecule has 2 rings (SSSR count). The van der Waals surface area contributed by atoms with Crippen LogP contribution in [0.2, 0.25) is 0 Å². The van der Waals surface area contributed by atoms with Gasteiger partial charge in [0.15, 0.2) is 0 Å². The van der Waals surface area contributed by atoms with E-state index >= 15 is 0 Å². The van der Waals surface area contributed by atoms with Crippen LogP contribution in [-0.2, 0) is 5.33 Å². The number of nitrogens with zero attached hydrogens (tertiary/aromatic N) is 3. The van der Waals surface area contributed by atoms with Gasteiger partial charge in [0.1, 0.15) is 5.82 Å². The van der Waals surface area contributed by atoms with Crippen molar-refractivity contribution in [1.82, 2.24) is 9.88 Å². The SMILES string of the molecule is CC1CN(c2ncccc2CBr)CCN1C. The molecule has 1 aliphatic heterocycles. The summed E-state index contributed by atoms with van der Waals surface area (Å²) in [7, 11) is 2.19. The van der Waals surface area contributed by atoms with Crippen LogP contribution in [0.15, 0.2) is 18.3 Å². The molecule has 1 aromatic heterocycles. The van der Waals surface area contributed by atoms with Crippen LogP contribution in [0.5, 0.6) is 0 Å². The Kier molecular flexibility index (Phi) is 3.82. The van der Waals surface area contributed by atoms with Gasteiger partial charge >= 0.3 is 0 Å². The summed E-state index contributed by atoms with van der Waals surface area (Å²) in [5.74, 6) is 1.14. The molecule has 16 heavy (non-hydrogen) atoms. The zero-order valence-corrected chi connectivity index (χ0v) is 11.4. The van der Waals surface area contributed by atoms with Crippen molar-refractivity contribution in [3.05, 3.63) is 23.9 Å². The van der Waals surface area contributed by atoms with Gasteiger partial charge in [0, 0.05) is 42.8 Å². The van der Waals surface area contributed by atoms with Crippen LogP contribution in [0.4, 0.5) is 5.82 Å². The van der Waals surface area contributed by atoms with Gasteiger partial charge < -0.3 is 9.80 Å². The Bertz CT molecular complexity index is 356. The summed E-state index contributed by atoms with van der Waals surface area (Å²) in [6.45, 7) is 5.51. The van der Waals surface area contributed by atoms with Crippen LogP contribution < -0.4 is 4.90 Å². The molecule has 0 saturated carbocycles. The lowest BCUT2D eigenvalue weighted by Gasteiger charge is -2.38. The second-order valence-electron chi connectivity index (χ2n) is 4.40. The molecule has 88 valence electrons. The smallest absolute Gasteiger partial charge is 0.132 e. The Balaban J connectivity index is 2.18. The van der Waals surface area contributed by atoms with Crippen LogP contribution in [0.1, 0.15) is 12.5 Å². The van der Waals surface area contributed by atoms with Gasteiger partial charge in [-0.25, -0.2) is 4.98 Å². The summed E-state index contributed by atoms with van der Waals surface area (Å²) in [4.78, 5) is 9.30.